The first-order valence-corrected chi connectivity index (χ1v) is 10.8. The maximum absolute atomic E-state index is 12.6. The van der Waals surface area contributed by atoms with E-state index in [0.29, 0.717) is 22.7 Å². The van der Waals surface area contributed by atoms with Gasteiger partial charge in [-0.25, -0.2) is 8.42 Å². The lowest BCUT2D eigenvalue weighted by Crippen LogP contribution is -2.15. The van der Waals surface area contributed by atoms with Crippen LogP contribution in [0.3, 0.4) is 0 Å². The summed E-state index contributed by atoms with van der Waals surface area (Å²) >= 11 is 3.27. The van der Waals surface area contributed by atoms with Crippen LogP contribution in [0.2, 0.25) is 0 Å². The van der Waals surface area contributed by atoms with E-state index in [1.807, 2.05) is 0 Å². The minimum absolute atomic E-state index is 0.121. The van der Waals surface area contributed by atoms with Gasteiger partial charge in [0.15, 0.2) is 11.5 Å². The fraction of sp³-hybridized carbons (Fsp3) is 0.0500. The van der Waals surface area contributed by atoms with Gasteiger partial charge in [-0.05, 0) is 54.6 Å². The number of carbonyl (C=O) groups is 1. The fourth-order valence-electron chi connectivity index (χ4n) is 2.73. The van der Waals surface area contributed by atoms with Crippen LogP contribution in [0, 0.1) is 0 Å². The average Bonchev–Trinajstić information content (AvgIpc) is 3.16. The van der Waals surface area contributed by atoms with E-state index in [4.69, 9.17) is 9.47 Å². The second kappa shape index (κ2) is 7.76. The Balaban J connectivity index is 1.51. The molecule has 0 bridgehead atoms. The topological polar surface area (TPSA) is 93.7 Å². The molecule has 1 aliphatic rings. The largest absolute Gasteiger partial charge is 0.454 e. The lowest BCUT2D eigenvalue weighted by Gasteiger charge is -2.10. The van der Waals surface area contributed by atoms with E-state index in [1.54, 1.807) is 48.5 Å². The van der Waals surface area contributed by atoms with Crippen LogP contribution >= 0.6 is 15.9 Å². The molecular formula is C20H15BrN2O5S. The Bertz CT molecular complexity index is 1180. The van der Waals surface area contributed by atoms with Crippen molar-refractivity contribution in [1.29, 1.82) is 0 Å². The monoisotopic (exact) mass is 474 g/mol. The number of carbonyl (C=O) groups excluding carboxylic acids is 1. The van der Waals surface area contributed by atoms with Crippen molar-refractivity contribution in [1.82, 2.24) is 0 Å². The van der Waals surface area contributed by atoms with E-state index >= 15 is 0 Å². The summed E-state index contributed by atoms with van der Waals surface area (Å²) in [6.07, 6.45) is 0. The molecule has 0 saturated heterocycles. The number of ether oxygens (including phenoxy) is 2. The van der Waals surface area contributed by atoms with Crippen LogP contribution in [0.4, 0.5) is 11.4 Å². The second-order valence-electron chi connectivity index (χ2n) is 6.16. The van der Waals surface area contributed by atoms with Gasteiger partial charge >= 0.3 is 0 Å². The molecule has 1 amide bonds. The van der Waals surface area contributed by atoms with Gasteiger partial charge in [0.05, 0.1) is 4.90 Å². The maximum Gasteiger partial charge on any atom is 0.261 e. The van der Waals surface area contributed by atoms with Crippen molar-refractivity contribution in [2.24, 2.45) is 0 Å². The average molecular weight is 475 g/mol. The molecule has 0 saturated carbocycles. The minimum atomic E-state index is -3.77. The molecule has 0 fully saturated rings. The first-order chi connectivity index (χ1) is 13.9. The summed E-state index contributed by atoms with van der Waals surface area (Å²) in [6.45, 7) is 0.146. The van der Waals surface area contributed by atoms with Crippen LogP contribution in [0.25, 0.3) is 0 Å². The maximum atomic E-state index is 12.6. The summed E-state index contributed by atoms with van der Waals surface area (Å²) in [5, 5.41) is 2.76. The molecule has 29 heavy (non-hydrogen) atoms. The van der Waals surface area contributed by atoms with E-state index < -0.39 is 10.0 Å². The highest BCUT2D eigenvalue weighted by Crippen LogP contribution is 2.34. The number of amides is 1. The van der Waals surface area contributed by atoms with E-state index in [1.165, 1.54) is 18.2 Å². The van der Waals surface area contributed by atoms with Crippen molar-refractivity contribution in [2.45, 2.75) is 4.90 Å². The Kier molecular flexibility index (Phi) is 5.16. The van der Waals surface area contributed by atoms with Gasteiger partial charge in [0.25, 0.3) is 15.9 Å². The fourth-order valence-corrected chi connectivity index (χ4v) is 4.04. The highest BCUT2D eigenvalue weighted by atomic mass is 79.9. The van der Waals surface area contributed by atoms with Crippen LogP contribution < -0.4 is 19.5 Å². The standard InChI is InChI=1S/C20H15BrN2O5S/c21-14-4-7-17(8-5-14)29(25,26)23-16-3-1-2-13(10-16)20(24)22-15-6-9-18-19(11-15)28-12-27-18/h1-11,23H,12H2,(H,22,24). The molecule has 3 aromatic carbocycles. The summed E-state index contributed by atoms with van der Waals surface area (Å²) in [5.74, 6) is 0.791. The van der Waals surface area contributed by atoms with Crippen LogP contribution in [-0.2, 0) is 10.0 Å². The quantitative estimate of drug-likeness (QED) is 0.576. The SMILES string of the molecule is O=C(Nc1ccc2c(c1)OCO2)c1cccc(NS(=O)(=O)c2ccc(Br)cc2)c1. The number of hydrogen-bond acceptors (Lipinski definition) is 5. The predicted molar refractivity (Wildman–Crippen MR) is 112 cm³/mol. The van der Waals surface area contributed by atoms with Gasteiger partial charge in [0, 0.05) is 27.5 Å². The van der Waals surface area contributed by atoms with Crippen LogP contribution in [0.5, 0.6) is 11.5 Å². The number of fused-ring (bicyclic) bond motifs is 1. The number of hydrogen-bond donors (Lipinski definition) is 2. The van der Waals surface area contributed by atoms with Crippen molar-refractivity contribution in [2.75, 3.05) is 16.8 Å². The molecule has 4 rings (SSSR count). The normalized spacial score (nSPS) is 12.4. The van der Waals surface area contributed by atoms with Crippen molar-refractivity contribution >= 4 is 43.2 Å². The van der Waals surface area contributed by atoms with Gasteiger partial charge in [-0.1, -0.05) is 22.0 Å². The lowest BCUT2D eigenvalue weighted by atomic mass is 10.2. The van der Waals surface area contributed by atoms with Gasteiger partial charge in [0.1, 0.15) is 0 Å². The van der Waals surface area contributed by atoms with Crippen molar-refractivity contribution in [3.8, 4) is 11.5 Å². The van der Waals surface area contributed by atoms with Gasteiger partial charge < -0.3 is 14.8 Å². The molecule has 0 aromatic heterocycles. The molecular weight excluding hydrogens is 460 g/mol. The number of halogens is 1. The highest BCUT2D eigenvalue weighted by Gasteiger charge is 2.17. The highest BCUT2D eigenvalue weighted by molar-refractivity contribution is 9.10. The zero-order valence-electron chi connectivity index (χ0n) is 14.9. The van der Waals surface area contributed by atoms with Gasteiger partial charge in [-0.2, -0.15) is 0 Å². The molecule has 148 valence electrons. The number of nitrogens with one attached hydrogen (secondary N) is 2. The van der Waals surface area contributed by atoms with E-state index in [0.717, 1.165) is 4.47 Å². The Morgan fingerprint density at radius 1 is 0.897 bits per heavy atom. The second-order valence-corrected chi connectivity index (χ2v) is 8.76. The molecule has 3 aromatic rings. The number of anilines is 2. The smallest absolute Gasteiger partial charge is 0.261 e. The molecule has 0 spiro atoms. The summed E-state index contributed by atoms with van der Waals surface area (Å²) in [5.41, 5.74) is 1.13. The van der Waals surface area contributed by atoms with Crippen LogP contribution in [-0.4, -0.2) is 21.1 Å². The Morgan fingerprint density at radius 3 is 2.45 bits per heavy atom. The Labute approximate surface area is 175 Å². The number of benzene rings is 3. The molecule has 7 nitrogen and oxygen atoms in total. The summed E-state index contributed by atoms with van der Waals surface area (Å²) in [7, 11) is -3.77. The predicted octanol–water partition coefficient (Wildman–Crippen LogP) is 4.23. The first-order valence-electron chi connectivity index (χ1n) is 8.50. The molecule has 1 heterocycles. The molecule has 9 heteroatoms. The molecule has 0 radical (unpaired) electrons. The number of rotatable bonds is 5. The third kappa shape index (κ3) is 4.36. The first kappa shape index (κ1) is 19.3. The molecule has 0 aliphatic carbocycles. The zero-order chi connectivity index (χ0) is 20.4. The number of sulfonamides is 1. The van der Waals surface area contributed by atoms with Crippen molar-refractivity contribution in [3.05, 3.63) is 76.8 Å². The summed E-state index contributed by atoms with van der Waals surface area (Å²) < 4.78 is 38.9. The van der Waals surface area contributed by atoms with E-state index in [2.05, 4.69) is 26.0 Å². The molecule has 2 N–H and O–H groups in total. The summed E-state index contributed by atoms with van der Waals surface area (Å²) in [4.78, 5) is 12.7. The van der Waals surface area contributed by atoms with Crippen LogP contribution in [0.15, 0.2) is 76.1 Å². The molecule has 1 aliphatic heterocycles. The van der Waals surface area contributed by atoms with Crippen molar-refractivity contribution < 1.29 is 22.7 Å². The van der Waals surface area contributed by atoms with Gasteiger partial charge in [-0.3, -0.25) is 9.52 Å². The molecule has 0 atom stereocenters. The Hall–Kier alpha value is -3.04. The van der Waals surface area contributed by atoms with E-state index in [-0.39, 0.29) is 23.3 Å². The third-order valence-electron chi connectivity index (χ3n) is 4.13. The summed E-state index contributed by atoms with van der Waals surface area (Å²) in [6, 6.07) is 17.6. The van der Waals surface area contributed by atoms with Crippen molar-refractivity contribution in [3.63, 3.8) is 0 Å². The minimum Gasteiger partial charge on any atom is -0.454 e. The zero-order valence-corrected chi connectivity index (χ0v) is 17.3. The lowest BCUT2D eigenvalue weighted by molar-refractivity contribution is 0.102. The van der Waals surface area contributed by atoms with E-state index in [9.17, 15) is 13.2 Å². The Morgan fingerprint density at radius 2 is 1.66 bits per heavy atom. The third-order valence-corrected chi connectivity index (χ3v) is 6.06. The van der Waals surface area contributed by atoms with Gasteiger partial charge in [0.2, 0.25) is 6.79 Å². The molecule has 0 unspecified atom stereocenters. The van der Waals surface area contributed by atoms with Gasteiger partial charge in [-0.15, -0.1) is 0 Å². The van der Waals surface area contributed by atoms with Crippen LogP contribution in [0.1, 0.15) is 10.4 Å².